The van der Waals surface area contributed by atoms with Crippen LogP contribution in [0.1, 0.15) is 20.8 Å². The number of amides is 1. The van der Waals surface area contributed by atoms with Gasteiger partial charge < -0.3 is 20.5 Å². The summed E-state index contributed by atoms with van der Waals surface area (Å²) in [5.74, 6) is 0.681. The summed E-state index contributed by atoms with van der Waals surface area (Å²) >= 11 is 0. The Morgan fingerprint density at radius 2 is 2.11 bits per heavy atom. The molecule has 0 saturated heterocycles. The van der Waals surface area contributed by atoms with Crippen LogP contribution in [-0.2, 0) is 20.8 Å². The second kappa shape index (κ2) is 6.97. The molecule has 1 aromatic heterocycles. The molecule has 0 radical (unpaired) electrons. The number of aromatic nitrogens is 2. The molecule has 1 amide bonds. The molecule has 18 heavy (non-hydrogen) atoms. The number of ether oxygens (including phenoxy) is 2. The van der Waals surface area contributed by atoms with E-state index in [1.807, 2.05) is 13.8 Å². The fourth-order valence-corrected chi connectivity index (χ4v) is 1.49. The van der Waals surface area contributed by atoms with E-state index in [9.17, 15) is 4.79 Å². The molecule has 1 aromatic rings. The van der Waals surface area contributed by atoms with Gasteiger partial charge in [-0.15, -0.1) is 0 Å². The fraction of sp³-hybridized carbons (Fsp3) is 0.636. The van der Waals surface area contributed by atoms with Gasteiger partial charge in [0, 0.05) is 26.2 Å². The lowest BCUT2D eigenvalue weighted by Gasteiger charge is -2.17. The molecule has 0 aliphatic carbocycles. The zero-order chi connectivity index (χ0) is 13.5. The molecule has 0 spiro atoms. The Bertz CT molecular complexity index is 386. The lowest BCUT2D eigenvalue weighted by atomic mass is 10.5. The Labute approximate surface area is 106 Å². The van der Waals surface area contributed by atoms with Crippen molar-refractivity contribution in [1.29, 1.82) is 0 Å². The van der Waals surface area contributed by atoms with Crippen molar-refractivity contribution in [2.45, 2.75) is 33.6 Å². The average molecular weight is 256 g/mol. The van der Waals surface area contributed by atoms with Gasteiger partial charge in [0.05, 0.1) is 6.54 Å². The highest BCUT2D eigenvalue weighted by molar-refractivity contribution is 5.87. The largest absolute Gasteiger partial charge is 0.384 e. The van der Waals surface area contributed by atoms with E-state index in [2.05, 4.69) is 10.4 Å². The minimum atomic E-state index is -0.396. The number of carbonyl (C=O) groups excluding carboxylic acids is 1. The van der Waals surface area contributed by atoms with Crippen LogP contribution >= 0.6 is 0 Å². The molecule has 0 fully saturated rings. The molecule has 102 valence electrons. The lowest BCUT2D eigenvalue weighted by Crippen LogP contribution is -2.25. The quantitative estimate of drug-likeness (QED) is 0.705. The number of carbonyl (C=O) groups is 1. The summed E-state index contributed by atoms with van der Waals surface area (Å²) in [4.78, 5) is 10.9. The summed E-state index contributed by atoms with van der Waals surface area (Å²) in [6.07, 6.45) is -0.396. The zero-order valence-corrected chi connectivity index (χ0v) is 11.0. The average Bonchev–Trinajstić information content (AvgIpc) is 2.58. The number of nitrogen functional groups attached to an aromatic ring is 1. The first kappa shape index (κ1) is 14.5. The Morgan fingerprint density at radius 1 is 1.50 bits per heavy atom. The van der Waals surface area contributed by atoms with Gasteiger partial charge in [0.1, 0.15) is 5.82 Å². The van der Waals surface area contributed by atoms with Crippen LogP contribution in [0.2, 0.25) is 0 Å². The van der Waals surface area contributed by atoms with Gasteiger partial charge in [-0.2, -0.15) is 5.10 Å². The molecule has 0 aromatic carbocycles. The maximum Gasteiger partial charge on any atom is 0.222 e. The van der Waals surface area contributed by atoms with Crippen LogP contribution in [0.5, 0.6) is 0 Å². The number of anilines is 2. The Kier molecular flexibility index (Phi) is 5.60. The van der Waals surface area contributed by atoms with Crippen molar-refractivity contribution in [1.82, 2.24) is 9.78 Å². The first-order chi connectivity index (χ1) is 8.56. The molecule has 0 unspecified atom stereocenters. The smallest absolute Gasteiger partial charge is 0.222 e. The standard InChI is InChI=1S/C11H20N4O3/c1-4-17-11(18-5-2)7-15-9(12)6-10(14-15)13-8(3)16/h6,11H,4-5,7,12H2,1-3H3,(H,13,14,16). The Hall–Kier alpha value is -1.60. The van der Waals surface area contributed by atoms with Crippen molar-refractivity contribution in [3.05, 3.63) is 6.07 Å². The number of nitrogens with two attached hydrogens (primary N) is 1. The number of hydrogen-bond acceptors (Lipinski definition) is 5. The minimum absolute atomic E-state index is 0.189. The first-order valence-electron chi connectivity index (χ1n) is 5.90. The maximum atomic E-state index is 10.9. The van der Waals surface area contributed by atoms with Crippen LogP contribution in [0.3, 0.4) is 0 Å². The van der Waals surface area contributed by atoms with E-state index in [4.69, 9.17) is 15.2 Å². The lowest BCUT2D eigenvalue weighted by molar-refractivity contribution is -0.144. The molecule has 3 N–H and O–H groups in total. The SMILES string of the molecule is CCOC(Cn1nc(NC(C)=O)cc1N)OCC. The molecular weight excluding hydrogens is 236 g/mol. The first-order valence-corrected chi connectivity index (χ1v) is 5.90. The third-order valence-corrected chi connectivity index (χ3v) is 2.14. The number of nitrogens with one attached hydrogen (secondary N) is 1. The number of hydrogen-bond donors (Lipinski definition) is 2. The second-order valence-electron chi connectivity index (χ2n) is 3.66. The van der Waals surface area contributed by atoms with Gasteiger partial charge in [-0.25, -0.2) is 4.68 Å². The molecule has 1 heterocycles. The van der Waals surface area contributed by atoms with Crippen molar-refractivity contribution in [3.8, 4) is 0 Å². The summed E-state index contributed by atoms with van der Waals surface area (Å²) < 4.78 is 12.4. The zero-order valence-electron chi connectivity index (χ0n) is 11.0. The highest BCUT2D eigenvalue weighted by Crippen LogP contribution is 2.13. The van der Waals surface area contributed by atoms with Gasteiger partial charge >= 0.3 is 0 Å². The normalized spacial score (nSPS) is 10.9. The van der Waals surface area contributed by atoms with Crippen LogP contribution in [0, 0.1) is 0 Å². The predicted molar refractivity (Wildman–Crippen MR) is 68.0 cm³/mol. The second-order valence-corrected chi connectivity index (χ2v) is 3.66. The van der Waals surface area contributed by atoms with Crippen molar-refractivity contribution in [3.63, 3.8) is 0 Å². The molecule has 0 bridgehead atoms. The van der Waals surface area contributed by atoms with E-state index in [1.54, 1.807) is 10.7 Å². The van der Waals surface area contributed by atoms with Crippen LogP contribution in [-0.4, -0.2) is 35.2 Å². The molecule has 1 rings (SSSR count). The van der Waals surface area contributed by atoms with Gasteiger partial charge in [-0.3, -0.25) is 4.79 Å². The van der Waals surface area contributed by atoms with Gasteiger partial charge in [0.2, 0.25) is 5.91 Å². The Balaban J connectivity index is 2.69. The highest BCUT2D eigenvalue weighted by atomic mass is 16.7. The van der Waals surface area contributed by atoms with E-state index < -0.39 is 6.29 Å². The van der Waals surface area contributed by atoms with Crippen molar-refractivity contribution < 1.29 is 14.3 Å². The molecule has 7 heteroatoms. The minimum Gasteiger partial charge on any atom is -0.384 e. The summed E-state index contributed by atoms with van der Waals surface area (Å²) in [5, 5.41) is 6.72. The third kappa shape index (κ3) is 4.34. The summed E-state index contributed by atoms with van der Waals surface area (Å²) in [5.41, 5.74) is 5.80. The van der Waals surface area contributed by atoms with Crippen LogP contribution in [0.15, 0.2) is 6.07 Å². The van der Waals surface area contributed by atoms with E-state index in [0.717, 1.165) is 0 Å². The van der Waals surface area contributed by atoms with Crippen LogP contribution in [0.4, 0.5) is 11.6 Å². The van der Waals surface area contributed by atoms with Crippen molar-refractivity contribution in [2.75, 3.05) is 24.3 Å². The van der Waals surface area contributed by atoms with Crippen LogP contribution in [0.25, 0.3) is 0 Å². The van der Waals surface area contributed by atoms with Crippen molar-refractivity contribution in [2.24, 2.45) is 0 Å². The van der Waals surface area contributed by atoms with E-state index in [-0.39, 0.29) is 5.91 Å². The van der Waals surface area contributed by atoms with Gasteiger partial charge in [0.15, 0.2) is 12.1 Å². The number of nitrogens with zero attached hydrogens (tertiary/aromatic N) is 2. The van der Waals surface area contributed by atoms with Crippen LogP contribution < -0.4 is 11.1 Å². The summed E-state index contributed by atoms with van der Waals surface area (Å²) in [6.45, 7) is 6.67. The monoisotopic (exact) mass is 256 g/mol. The molecule has 0 aliphatic rings. The Morgan fingerprint density at radius 3 is 2.61 bits per heavy atom. The fourth-order valence-electron chi connectivity index (χ4n) is 1.49. The van der Waals surface area contributed by atoms with E-state index in [1.165, 1.54) is 6.92 Å². The topological polar surface area (TPSA) is 91.4 Å². The van der Waals surface area contributed by atoms with Gasteiger partial charge in [-0.1, -0.05) is 0 Å². The van der Waals surface area contributed by atoms with E-state index in [0.29, 0.717) is 31.4 Å². The maximum absolute atomic E-state index is 10.9. The molecule has 0 aliphatic heterocycles. The van der Waals surface area contributed by atoms with Crippen molar-refractivity contribution >= 4 is 17.5 Å². The molecular formula is C11H20N4O3. The van der Waals surface area contributed by atoms with Gasteiger partial charge in [0.25, 0.3) is 0 Å². The molecule has 0 saturated carbocycles. The summed E-state index contributed by atoms with van der Waals surface area (Å²) in [6, 6.07) is 1.59. The van der Waals surface area contributed by atoms with Gasteiger partial charge in [-0.05, 0) is 13.8 Å². The number of rotatable bonds is 7. The third-order valence-electron chi connectivity index (χ3n) is 2.14. The summed E-state index contributed by atoms with van der Waals surface area (Å²) in [7, 11) is 0. The van der Waals surface area contributed by atoms with E-state index >= 15 is 0 Å². The highest BCUT2D eigenvalue weighted by Gasteiger charge is 2.13. The molecule has 7 nitrogen and oxygen atoms in total. The predicted octanol–water partition coefficient (Wildman–Crippen LogP) is 0.823. The molecule has 0 atom stereocenters.